The van der Waals surface area contributed by atoms with Crippen LogP contribution in [0.2, 0.25) is 0 Å². The Morgan fingerprint density at radius 2 is 2.08 bits per heavy atom. The van der Waals surface area contributed by atoms with Crippen LogP contribution in [0.5, 0.6) is 0 Å². The lowest BCUT2D eigenvalue weighted by Crippen LogP contribution is -2.43. The van der Waals surface area contributed by atoms with Gasteiger partial charge < -0.3 is 30.3 Å². The number of nitrogens with zero attached hydrogens (tertiary/aromatic N) is 2. The summed E-state index contributed by atoms with van der Waals surface area (Å²) in [5, 5.41) is 10.0. The van der Waals surface area contributed by atoms with Crippen LogP contribution in [0.15, 0.2) is 17.1 Å². The quantitative estimate of drug-likeness (QED) is 0.354. The number of hydrogen-bond acceptors (Lipinski definition) is 9. The fourth-order valence-electron chi connectivity index (χ4n) is 2.28. The fraction of sp³-hybridized carbons (Fsp3) is 0.600. The molecule has 1 aliphatic heterocycles. The zero-order chi connectivity index (χ0) is 19.9. The highest BCUT2D eigenvalue weighted by molar-refractivity contribution is 7.60. The molecule has 0 radical (unpaired) electrons. The van der Waals surface area contributed by atoms with Gasteiger partial charge in [0.15, 0.2) is 11.9 Å². The highest BCUT2D eigenvalue weighted by Crippen LogP contribution is 2.58. The molecule has 5 atom stereocenters. The first-order valence-electron chi connectivity index (χ1n) is 6.84. The average molecular weight is 419 g/mol. The predicted molar refractivity (Wildman–Crippen MR) is 81.2 cm³/mol. The first-order chi connectivity index (χ1) is 11.7. The minimum absolute atomic E-state index is 0.124. The lowest BCUT2D eigenvalue weighted by Gasteiger charge is -2.24. The van der Waals surface area contributed by atoms with E-state index in [9.17, 15) is 28.3 Å². The fourth-order valence-corrected chi connectivity index (χ4v) is 3.88. The number of anilines is 1. The molecule has 1 unspecified atom stereocenters. The smallest absolute Gasteiger partial charge is 0.387 e. The third-order valence-electron chi connectivity index (χ3n) is 3.43. The minimum atomic E-state index is -5.34. The largest absolute Gasteiger partial charge is 0.481 e. The number of halogens is 1. The molecular formula is C10H16FN3O10P2. The molecule has 148 valence electrons. The first-order valence-corrected chi connectivity index (χ1v) is 9.87. The standard InChI is InChI=1S/C10H16FN3O10P2/c1-10(11)7(15)5(4-22-26(20,21)24-25(17,18)19)23-8(10)14-3-2-6(12)13-9(14)16/h2-3,5,7-8,15H,4H2,1H3,(H,20,21)(H2,12,13,16)(H2,17,18,19)/t5-,7-,8-,10-/m1/s1. The predicted octanol–water partition coefficient (Wildman–Crippen LogP) is -0.962. The third-order valence-corrected chi connectivity index (χ3v) is 5.58. The van der Waals surface area contributed by atoms with Gasteiger partial charge in [-0.2, -0.15) is 9.29 Å². The van der Waals surface area contributed by atoms with Crippen LogP contribution in [-0.2, 0) is 22.7 Å². The van der Waals surface area contributed by atoms with Gasteiger partial charge in [0, 0.05) is 6.20 Å². The molecule has 0 amide bonds. The summed E-state index contributed by atoms with van der Waals surface area (Å²) in [4.78, 5) is 41.4. The summed E-state index contributed by atoms with van der Waals surface area (Å²) < 4.78 is 50.6. The summed E-state index contributed by atoms with van der Waals surface area (Å²) in [5.41, 5.74) is 1.82. The topological polar surface area (TPSA) is 204 Å². The third kappa shape index (κ3) is 4.74. The molecule has 6 N–H and O–H groups in total. The molecule has 1 aromatic rings. The SMILES string of the molecule is C[C@@]1(F)[C@H](O)[C@@H](COP(=O)(O)OP(=O)(O)O)O[C@H]1n1ccc(N)nc1=O. The maximum absolute atomic E-state index is 14.8. The Kier molecular flexibility index (Phi) is 5.74. The summed E-state index contributed by atoms with van der Waals surface area (Å²) in [7, 11) is -10.6. The van der Waals surface area contributed by atoms with E-state index in [0.717, 1.165) is 13.1 Å². The summed E-state index contributed by atoms with van der Waals surface area (Å²) in [6.45, 7) is -0.0576. The van der Waals surface area contributed by atoms with Crippen LogP contribution in [0.25, 0.3) is 0 Å². The average Bonchev–Trinajstić information content (AvgIpc) is 2.66. The van der Waals surface area contributed by atoms with E-state index in [0.29, 0.717) is 4.57 Å². The maximum Gasteiger partial charge on any atom is 0.481 e. The van der Waals surface area contributed by atoms with Gasteiger partial charge in [-0.1, -0.05) is 0 Å². The van der Waals surface area contributed by atoms with Crippen LogP contribution in [-0.4, -0.2) is 53.8 Å². The van der Waals surface area contributed by atoms with E-state index >= 15 is 0 Å². The zero-order valence-electron chi connectivity index (χ0n) is 13.1. The number of hydrogen-bond donors (Lipinski definition) is 5. The molecule has 1 saturated heterocycles. The second kappa shape index (κ2) is 7.08. The van der Waals surface area contributed by atoms with Gasteiger partial charge in [-0.3, -0.25) is 9.09 Å². The van der Waals surface area contributed by atoms with Crippen molar-refractivity contribution in [2.24, 2.45) is 0 Å². The van der Waals surface area contributed by atoms with Crippen LogP contribution < -0.4 is 11.4 Å². The van der Waals surface area contributed by atoms with E-state index in [-0.39, 0.29) is 5.82 Å². The number of alkyl halides is 1. The van der Waals surface area contributed by atoms with Crippen LogP contribution in [0.4, 0.5) is 10.2 Å². The highest BCUT2D eigenvalue weighted by Gasteiger charge is 2.55. The molecule has 0 saturated carbocycles. The number of nitrogen functional groups attached to an aromatic ring is 1. The maximum atomic E-state index is 14.8. The van der Waals surface area contributed by atoms with Crippen LogP contribution in [0, 0.1) is 0 Å². The summed E-state index contributed by atoms with van der Waals surface area (Å²) in [6.07, 6.45) is -4.09. The van der Waals surface area contributed by atoms with E-state index < -0.39 is 52.0 Å². The molecule has 0 spiro atoms. The molecule has 0 aliphatic carbocycles. The molecule has 1 aliphatic rings. The van der Waals surface area contributed by atoms with Gasteiger partial charge >= 0.3 is 21.3 Å². The Bertz CT molecular complexity index is 826. The number of aliphatic hydroxyl groups excluding tert-OH is 1. The summed E-state index contributed by atoms with van der Waals surface area (Å²) >= 11 is 0. The number of phosphoric acid groups is 2. The lowest BCUT2D eigenvalue weighted by molar-refractivity contribution is -0.0603. The van der Waals surface area contributed by atoms with Gasteiger partial charge in [0.2, 0.25) is 0 Å². The molecular weight excluding hydrogens is 403 g/mol. The van der Waals surface area contributed by atoms with Crippen LogP contribution in [0.3, 0.4) is 0 Å². The monoisotopic (exact) mass is 419 g/mol. The molecule has 13 nitrogen and oxygen atoms in total. The van der Waals surface area contributed by atoms with Crippen molar-refractivity contribution in [2.45, 2.75) is 31.0 Å². The van der Waals surface area contributed by atoms with Crippen molar-refractivity contribution in [3.8, 4) is 0 Å². The Morgan fingerprint density at radius 1 is 1.46 bits per heavy atom. The van der Waals surface area contributed by atoms with Crippen molar-refractivity contribution in [3.05, 3.63) is 22.7 Å². The number of aliphatic hydroxyl groups is 1. The molecule has 0 aromatic carbocycles. The van der Waals surface area contributed by atoms with E-state index in [4.69, 9.17) is 20.3 Å². The van der Waals surface area contributed by atoms with Gasteiger partial charge in [0.05, 0.1) is 6.61 Å². The lowest BCUT2D eigenvalue weighted by atomic mass is 9.98. The van der Waals surface area contributed by atoms with Gasteiger partial charge in [-0.05, 0) is 13.0 Å². The van der Waals surface area contributed by atoms with Crippen molar-refractivity contribution in [3.63, 3.8) is 0 Å². The van der Waals surface area contributed by atoms with Crippen molar-refractivity contribution < 1.29 is 46.9 Å². The number of nitrogens with two attached hydrogens (primary N) is 1. The minimum Gasteiger partial charge on any atom is -0.387 e. The number of aromatic nitrogens is 2. The van der Waals surface area contributed by atoms with Crippen molar-refractivity contribution in [1.82, 2.24) is 9.55 Å². The second-order valence-electron chi connectivity index (χ2n) is 5.50. The van der Waals surface area contributed by atoms with Crippen LogP contribution >= 0.6 is 15.6 Å². The Labute approximate surface area is 145 Å². The molecule has 16 heteroatoms. The normalized spacial score (nSPS) is 31.7. The van der Waals surface area contributed by atoms with E-state index in [1.165, 1.54) is 6.07 Å². The molecule has 26 heavy (non-hydrogen) atoms. The molecule has 1 fully saturated rings. The molecule has 2 heterocycles. The molecule has 1 aromatic heterocycles. The zero-order valence-corrected chi connectivity index (χ0v) is 14.9. The Morgan fingerprint density at radius 3 is 2.62 bits per heavy atom. The number of ether oxygens (including phenoxy) is 1. The Balaban J connectivity index is 2.17. The van der Waals surface area contributed by atoms with Crippen molar-refractivity contribution >= 4 is 21.5 Å². The first kappa shape index (κ1) is 21.1. The summed E-state index contributed by atoms with van der Waals surface area (Å²) in [5.74, 6) is -0.124. The second-order valence-corrected chi connectivity index (χ2v) is 8.33. The van der Waals surface area contributed by atoms with Crippen LogP contribution in [0.1, 0.15) is 13.2 Å². The number of rotatable bonds is 6. The van der Waals surface area contributed by atoms with Gasteiger partial charge in [-0.25, -0.2) is 18.3 Å². The van der Waals surface area contributed by atoms with Gasteiger partial charge in [0.1, 0.15) is 18.0 Å². The van der Waals surface area contributed by atoms with E-state index in [1.54, 1.807) is 0 Å². The van der Waals surface area contributed by atoms with Gasteiger partial charge in [-0.15, -0.1) is 0 Å². The molecule has 0 bridgehead atoms. The highest BCUT2D eigenvalue weighted by atomic mass is 31.3. The van der Waals surface area contributed by atoms with Crippen molar-refractivity contribution in [1.29, 1.82) is 0 Å². The van der Waals surface area contributed by atoms with E-state index in [2.05, 4.69) is 13.8 Å². The molecule has 2 rings (SSSR count). The number of phosphoric ester groups is 1. The van der Waals surface area contributed by atoms with E-state index in [1.807, 2.05) is 0 Å². The Hall–Kier alpha value is -1.21. The van der Waals surface area contributed by atoms with Crippen molar-refractivity contribution in [2.75, 3.05) is 12.3 Å². The summed E-state index contributed by atoms with van der Waals surface area (Å²) in [6, 6.07) is 1.19. The van der Waals surface area contributed by atoms with Gasteiger partial charge in [0.25, 0.3) is 0 Å².